The first-order valence-corrected chi connectivity index (χ1v) is 10.9. The van der Waals surface area contributed by atoms with Crippen LogP contribution in [-0.4, -0.2) is 29.0 Å². The zero-order chi connectivity index (χ0) is 25.4. The van der Waals surface area contributed by atoms with Gasteiger partial charge in [0.2, 0.25) is 0 Å². The van der Waals surface area contributed by atoms with Gasteiger partial charge in [-0.15, -0.1) is 0 Å². The molecule has 4 rings (SSSR count). The largest absolute Gasteiger partial charge is 0.508 e. The Morgan fingerprint density at radius 3 is 2.31 bits per heavy atom. The van der Waals surface area contributed by atoms with Crippen molar-refractivity contribution in [2.75, 3.05) is 12.0 Å². The maximum Gasteiger partial charge on any atom is 0.300 e. The number of rotatable bonds is 5. The third-order valence-corrected chi connectivity index (χ3v) is 5.95. The number of phenolic OH excluding ortho intramolecular Hbond substituents is 1. The van der Waals surface area contributed by atoms with Gasteiger partial charge in [0.25, 0.3) is 11.7 Å². The highest BCUT2D eigenvalue weighted by Crippen LogP contribution is 2.44. The summed E-state index contributed by atoms with van der Waals surface area (Å²) in [5, 5.41) is 21.0. The Balaban J connectivity index is 1.97. The second kappa shape index (κ2) is 9.21. The molecule has 0 bridgehead atoms. The van der Waals surface area contributed by atoms with Crippen LogP contribution in [-0.2, 0) is 9.59 Å². The van der Waals surface area contributed by atoms with Crippen LogP contribution in [0.1, 0.15) is 42.5 Å². The Labute approximate surface area is 200 Å². The Bertz CT molecular complexity index is 1350. The van der Waals surface area contributed by atoms with Crippen LogP contribution in [0.25, 0.3) is 5.76 Å². The van der Waals surface area contributed by atoms with Gasteiger partial charge in [0.1, 0.15) is 28.9 Å². The van der Waals surface area contributed by atoms with Crippen LogP contribution in [0.15, 0.2) is 66.2 Å². The SMILES string of the molecule is COc1ccc(/C(O)=C2/C(=O)C(=O)N(c3cc(F)ccc3F)C2c2ccc(O)cc2)cc1C(C)C. The summed E-state index contributed by atoms with van der Waals surface area (Å²) in [4.78, 5) is 27.1. The van der Waals surface area contributed by atoms with Crippen molar-refractivity contribution in [3.05, 3.63) is 94.6 Å². The number of hydrogen-bond donors (Lipinski definition) is 2. The fourth-order valence-corrected chi connectivity index (χ4v) is 4.21. The average molecular weight is 479 g/mol. The number of ether oxygens (including phenoxy) is 1. The van der Waals surface area contributed by atoms with Crippen molar-refractivity contribution >= 4 is 23.1 Å². The molecule has 1 saturated heterocycles. The zero-order valence-corrected chi connectivity index (χ0v) is 19.3. The predicted molar refractivity (Wildman–Crippen MR) is 126 cm³/mol. The van der Waals surface area contributed by atoms with E-state index in [0.29, 0.717) is 11.3 Å². The van der Waals surface area contributed by atoms with E-state index in [1.807, 2.05) is 13.8 Å². The van der Waals surface area contributed by atoms with Crippen molar-refractivity contribution in [3.8, 4) is 11.5 Å². The van der Waals surface area contributed by atoms with Crippen molar-refractivity contribution in [2.24, 2.45) is 0 Å². The minimum Gasteiger partial charge on any atom is -0.508 e. The number of aliphatic hydroxyl groups excluding tert-OH is 1. The number of hydrogen-bond acceptors (Lipinski definition) is 5. The molecule has 8 heteroatoms. The maximum absolute atomic E-state index is 14.7. The smallest absolute Gasteiger partial charge is 0.300 e. The number of carbonyl (C=O) groups excluding carboxylic acids is 2. The van der Waals surface area contributed by atoms with Crippen molar-refractivity contribution < 1.29 is 33.3 Å². The lowest BCUT2D eigenvalue weighted by molar-refractivity contribution is -0.132. The van der Waals surface area contributed by atoms with Gasteiger partial charge in [-0.2, -0.15) is 0 Å². The molecule has 1 fully saturated rings. The van der Waals surface area contributed by atoms with E-state index in [2.05, 4.69) is 0 Å². The Kier molecular flexibility index (Phi) is 6.30. The Hall–Kier alpha value is -4.20. The van der Waals surface area contributed by atoms with Gasteiger partial charge in [0, 0.05) is 11.6 Å². The van der Waals surface area contributed by atoms with Gasteiger partial charge in [0.15, 0.2) is 0 Å². The summed E-state index contributed by atoms with van der Waals surface area (Å²) in [6.07, 6.45) is 0. The molecular formula is C27H23F2NO5. The van der Waals surface area contributed by atoms with E-state index in [0.717, 1.165) is 28.7 Å². The molecule has 6 nitrogen and oxygen atoms in total. The monoisotopic (exact) mass is 479 g/mol. The van der Waals surface area contributed by atoms with E-state index in [1.54, 1.807) is 18.2 Å². The Morgan fingerprint density at radius 2 is 1.69 bits per heavy atom. The molecule has 1 unspecified atom stereocenters. The highest BCUT2D eigenvalue weighted by Gasteiger charge is 2.47. The van der Waals surface area contributed by atoms with E-state index < -0.39 is 40.8 Å². The van der Waals surface area contributed by atoms with Crippen LogP contribution in [0.2, 0.25) is 0 Å². The molecule has 0 aromatic heterocycles. The number of ketones is 1. The first kappa shape index (κ1) is 23.9. The van der Waals surface area contributed by atoms with E-state index in [4.69, 9.17) is 4.74 Å². The summed E-state index contributed by atoms with van der Waals surface area (Å²) in [6, 6.07) is 11.7. The number of phenols is 1. The van der Waals surface area contributed by atoms with Crippen molar-refractivity contribution in [3.63, 3.8) is 0 Å². The average Bonchev–Trinajstić information content (AvgIpc) is 3.10. The van der Waals surface area contributed by atoms with Gasteiger partial charge < -0.3 is 14.9 Å². The molecule has 1 amide bonds. The predicted octanol–water partition coefficient (Wildman–Crippen LogP) is 5.43. The van der Waals surface area contributed by atoms with Crippen LogP contribution in [0.4, 0.5) is 14.5 Å². The number of halogens is 2. The minimum absolute atomic E-state index is 0.0226. The molecule has 3 aromatic carbocycles. The van der Waals surface area contributed by atoms with E-state index in [9.17, 15) is 28.6 Å². The third kappa shape index (κ3) is 4.23. The molecule has 0 aliphatic carbocycles. The number of carbonyl (C=O) groups is 2. The number of anilines is 1. The normalized spacial score (nSPS) is 17.3. The molecule has 3 aromatic rings. The summed E-state index contributed by atoms with van der Waals surface area (Å²) >= 11 is 0. The zero-order valence-electron chi connectivity index (χ0n) is 19.3. The third-order valence-electron chi connectivity index (χ3n) is 5.95. The summed E-state index contributed by atoms with van der Waals surface area (Å²) in [5.74, 6) is -3.81. The fraction of sp³-hybridized carbons (Fsp3) is 0.185. The summed E-state index contributed by atoms with van der Waals surface area (Å²) in [5.41, 5.74) is 0.606. The second-order valence-corrected chi connectivity index (χ2v) is 8.47. The molecule has 35 heavy (non-hydrogen) atoms. The number of Topliss-reactive ketones (excluding diaryl/α,β-unsaturated/α-hetero) is 1. The second-order valence-electron chi connectivity index (χ2n) is 8.47. The highest BCUT2D eigenvalue weighted by molar-refractivity contribution is 6.51. The van der Waals surface area contributed by atoms with E-state index in [-0.39, 0.29) is 22.8 Å². The van der Waals surface area contributed by atoms with Gasteiger partial charge in [-0.05, 0) is 59.5 Å². The molecule has 0 spiro atoms. The van der Waals surface area contributed by atoms with Crippen molar-refractivity contribution in [2.45, 2.75) is 25.8 Å². The number of nitrogens with zero attached hydrogens (tertiary/aromatic N) is 1. The molecule has 0 saturated carbocycles. The number of aromatic hydroxyl groups is 1. The summed E-state index contributed by atoms with van der Waals surface area (Å²) < 4.78 is 34.1. The van der Waals surface area contributed by atoms with Crippen LogP contribution >= 0.6 is 0 Å². The van der Waals surface area contributed by atoms with E-state index >= 15 is 0 Å². The van der Waals surface area contributed by atoms with Crippen LogP contribution in [0.3, 0.4) is 0 Å². The molecular weight excluding hydrogens is 456 g/mol. The number of benzene rings is 3. The van der Waals surface area contributed by atoms with Crippen molar-refractivity contribution in [1.82, 2.24) is 0 Å². The van der Waals surface area contributed by atoms with Gasteiger partial charge in [0.05, 0.1) is 24.4 Å². The molecule has 0 radical (unpaired) electrons. The Morgan fingerprint density at radius 1 is 1.00 bits per heavy atom. The molecule has 1 atom stereocenters. The lowest BCUT2D eigenvalue weighted by atomic mass is 9.93. The van der Waals surface area contributed by atoms with Gasteiger partial charge in [-0.3, -0.25) is 14.5 Å². The number of aliphatic hydroxyl groups is 1. The first-order valence-electron chi connectivity index (χ1n) is 10.9. The maximum atomic E-state index is 14.7. The van der Waals surface area contributed by atoms with Gasteiger partial charge in [-0.25, -0.2) is 8.78 Å². The molecule has 1 heterocycles. The molecule has 180 valence electrons. The van der Waals surface area contributed by atoms with Crippen LogP contribution in [0.5, 0.6) is 11.5 Å². The number of amides is 1. The lowest BCUT2D eigenvalue weighted by Gasteiger charge is -2.26. The standard InChI is InChI=1S/C27H23F2NO5/c1-14(2)19-12-16(6-11-22(19)35-3)25(32)23-24(15-4-8-18(31)9-5-15)30(27(34)26(23)33)21-13-17(28)7-10-20(21)29/h4-14,24,31-32H,1-3H3/b25-23-. The highest BCUT2D eigenvalue weighted by atomic mass is 19.1. The topological polar surface area (TPSA) is 87.1 Å². The molecule has 1 aliphatic rings. The summed E-state index contributed by atoms with van der Waals surface area (Å²) in [7, 11) is 1.52. The lowest BCUT2D eigenvalue weighted by Crippen LogP contribution is -2.30. The molecule has 1 aliphatic heterocycles. The van der Waals surface area contributed by atoms with Gasteiger partial charge in [-0.1, -0.05) is 26.0 Å². The fourth-order valence-electron chi connectivity index (χ4n) is 4.21. The van der Waals surface area contributed by atoms with Crippen molar-refractivity contribution in [1.29, 1.82) is 0 Å². The number of methoxy groups -OCH3 is 1. The molecule has 2 N–H and O–H groups in total. The summed E-state index contributed by atoms with van der Waals surface area (Å²) in [6.45, 7) is 3.87. The minimum atomic E-state index is -1.27. The van der Waals surface area contributed by atoms with E-state index in [1.165, 1.54) is 31.4 Å². The quantitative estimate of drug-likeness (QED) is 0.290. The van der Waals surface area contributed by atoms with Crippen LogP contribution in [0, 0.1) is 11.6 Å². The van der Waals surface area contributed by atoms with Crippen LogP contribution < -0.4 is 9.64 Å². The van der Waals surface area contributed by atoms with Gasteiger partial charge >= 0.3 is 0 Å². The first-order chi connectivity index (χ1) is 16.6.